The summed E-state index contributed by atoms with van der Waals surface area (Å²) >= 11 is 0. The minimum absolute atomic E-state index is 0. The summed E-state index contributed by atoms with van der Waals surface area (Å²) in [5, 5.41) is 42.6. The fourth-order valence-electron chi connectivity index (χ4n) is 2.04. The van der Waals surface area contributed by atoms with Crippen molar-refractivity contribution in [1.82, 2.24) is 10.6 Å². The largest absolute Gasteiger partial charge is 0.693 e. The van der Waals surface area contributed by atoms with E-state index in [1.807, 2.05) is 0 Å². The molecule has 2 heterocycles. The zero-order valence-electron chi connectivity index (χ0n) is 13.4. The van der Waals surface area contributed by atoms with Crippen LogP contribution in [0.4, 0.5) is 0 Å². The summed E-state index contributed by atoms with van der Waals surface area (Å²) in [6.07, 6.45) is 15.1. The summed E-state index contributed by atoms with van der Waals surface area (Å²) in [5.74, 6) is 0. The summed E-state index contributed by atoms with van der Waals surface area (Å²) in [5.41, 5.74) is 0. The van der Waals surface area contributed by atoms with E-state index in [-0.39, 0.29) is 40.3 Å². The van der Waals surface area contributed by atoms with Crippen LogP contribution in [-0.2, 0) is 34.1 Å². The molecule has 0 spiro atoms. The molecule has 0 aromatic heterocycles. The topological polar surface area (TPSA) is 181 Å². The van der Waals surface area contributed by atoms with E-state index in [4.69, 9.17) is 21.0 Å². The zero-order valence-corrected chi connectivity index (χ0v) is 15.3. The van der Waals surface area contributed by atoms with Gasteiger partial charge in [-0.2, -0.15) is 27.1 Å². The first-order valence-corrected chi connectivity index (χ1v) is 6.84. The first-order chi connectivity index (χ1) is 10.8. The molecule has 0 aromatic rings. The number of hydrogen-bond acceptors (Lipinski definition) is 6. The summed E-state index contributed by atoms with van der Waals surface area (Å²) < 4.78 is 0. The first-order valence-electron chi connectivity index (χ1n) is 6.84. The van der Waals surface area contributed by atoms with Crippen LogP contribution < -0.4 is 10.6 Å². The Balaban J connectivity index is -0.000000147. The Labute approximate surface area is 170 Å². The van der Waals surface area contributed by atoms with Crippen LogP contribution in [0, 0.1) is 45.8 Å². The van der Waals surface area contributed by atoms with Gasteiger partial charge in [0.15, 0.2) is 24.8 Å². The van der Waals surface area contributed by atoms with Gasteiger partial charge in [-0.15, -0.1) is 25.2 Å². The molecule has 25 heavy (non-hydrogen) atoms. The van der Waals surface area contributed by atoms with E-state index in [1.54, 1.807) is 10.6 Å². The van der Waals surface area contributed by atoms with Crippen molar-refractivity contribution in [2.24, 2.45) is 0 Å². The summed E-state index contributed by atoms with van der Waals surface area (Å²) in [4.78, 5) is 0. The Kier molecular flexibility index (Phi) is 30.4. The first kappa shape index (κ1) is 31.0. The molecule has 0 bridgehead atoms. The van der Waals surface area contributed by atoms with Crippen molar-refractivity contribution in [1.29, 1.82) is 21.0 Å². The second-order valence-electron chi connectivity index (χ2n) is 4.31. The van der Waals surface area contributed by atoms with Crippen LogP contribution in [0.5, 0.6) is 0 Å². The fourth-order valence-corrected chi connectivity index (χ4v) is 2.04. The van der Waals surface area contributed by atoms with Gasteiger partial charge in [0.1, 0.15) is 0 Å². The molecule has 0 aromatic carbocycles. The Morgan fingerprint density at radius 1 is 0.800 bits per heavy atom. The van der Waals surface area contributed by atoms with Crippen molar-refractivity contribution in [2.75, 3.05) is 13.1 Å². The summed E-state index contributed by atoms with van der Waals surface area (Å²) in [7, 11) is 0. The van der Waals surface area contributed by atoms with Gasteiger partial charge in [-0.3, -0.25) is 0 Å². The second kappa shape index (κ2) is 24.5. The predicted molar refractivity (Wildman–Crippen MR) is 85.6 cm³/mol. The van der Waals surface area contributed by atoms with Crippen molar-refractivity contribution in [3.05, 3.63) is 28.9 Å². The summed E-state index contributed by atoms with van der Waals surface area (Å²) in [6.45, 7) is 1.98. The minimum Gasteiger partial charge on any atom is -0.693 e. The molecular weight excluding hydrogens is 421 g/mol. The Hall–Kier alpha value is -1.78. The van der Waals surface area contributed by atoms with E-state index in [1.165, 1.54) is 44.0 Å². The van der Waals surface area contributed by atoms with E-state index in [0.29, 0.717) is 12.1 Å². The third-order valence-electron chi connectivity index (χ3n) is 2.93. The number of nitrogens with zero attached hydrogens (tertiary/aromatic N) is 6. The standard InChI is InChI=1S/C10H16N2.2C2HN3.2Cu.H2N/c1-3-7-11-9(5-1)10-6-2-4-8-12-10;2*3-1-5-2-4;;;/h1,3,9-10H,2,4-8H2;2*5H;;;1H2/q-2;;;;;-1. The van der Waals surface area contributed by atoms with Crippen LogP contribution in [0.1, 0.15) is 25.7 Å². The third kappa shape index (κ3) is 18.4. The van der Waals surface area contributed by atoms with E-state index in [2.05, 4.69) is 22.8 Å². The van der Waals surface area contributed by atoms with Crippen molar-refractivity contribution in [3.8, 4) is 24.8 Å². The molecule has 0 saturated carbocycles. The molecule has 2 rings (SSSR count). The molecule has 0 aliphatic carbocycles. The smallest absolute Gasteiger partial charge is 0.190 e. The molecule has 11 heteroatoms. The van der Waals surface area contributed by atoms with Gasteiger partial charge in [-0.05, 0) is 0 Å². The molecule has 2 radical (unpaired) electrons. The second-order valence-corrected chi connectivity index (χ2v) is 4.31. The van der Waals surface area contributed by atoms with Gasteiger partial charge in [0.2, 0.25) is 0 Å². The predicted octanol–water partition coefficient (Wildman–Crippen LogP) is 2.40. The minimum atomic E-state index is 0. The Bertz CT molecular complexity index is 428. The van der Waals surface area contributed by atoms with Crippen LogP contribution >= 0.6 is 0 Å². The van der Waals surface area contributed by atoms with E-state index in [0.717, 1.165) is 19.5 Å². The number of nitriles is 4. The normalized spacial score (nSPS) is 19.0. The Morgan fingerprint density at radius 2 is 1.36 bits per heavy atom. The molecule has 1 fully saturated rings. The van der Waals surface area contributed by atoms with E-state index in [9.17, 15) is 0 Å². The average molecular weight is 441 g/mol. The fraction of sp³-hybridized carbons (Fsp3) is 0.571. The van der Waals surface area contributed by atoms with Crippen molar-refractivity contribution >= 4 is 0 Å². The van der Waals surface area contributed by atoms with Gasteiger partial charge in [0, 0.05) is 34.1 Å². The SMILES string of the molecule is C1=CCC(C2CCCC[N-]2)[N-]C1.N#CNC#N.N#CNC#N.[Cu].[Cu].[NH2-]. The van der Waals surface area contributed by atoms with Gasteiger partial charge >= 0.3 is 0 Å². The monoisotopic (exact) mass is 440 g/mol. The zero-order chi connectivity index (χ0) is 16.5. The van der Waals surface area contributed by atoms with Crippen molar-refractivity contribution in [2.45, 2.75) is 37.8 Å². The molecule has 2 unspecified atom stereocenters. The molecule has 1 saturated heterocycles. The van der Waals surface area contributed by atoms with Crippen LogP contribution in [0.15, 0.2) is 12.2 Å². The maximum absolute atomic E-state index is 7.48. The maximum atomic E-state index is 7.48. The third-order valence-corrected chi connectivity index (χ3v) is 2.93. The van der Waals surface area contributed by atoms with Gasteiger partial charge in [0.25, 0.3) is 0 Å². The Morgan fingerprint density at radius 3 is 1.68 bits per heavy atom. The van der Waals surface area contributed by atoms with Gasteiger partial charge in [-0.1, -0.05) is 31.8 Å². The number of hydrogen-bond donors (Lipinski definition) is 2. The number of rotatable bonds is 1. The molecule has 0 amide bonds. The number of piperidine rings is 1. The van der Waals surface area contributed by atoms with Crippen molar-refractivity contribution in [3.63, 3.8) is 0 Å². The van der Waals surface area contributed by atoms with Gasteiger partial charge < -0.3 is 16.8 Å². The number of nitrogens with two attached hydrogens (primary N) is 1. The average Bonchev–Trinajstić information content (AvgIpc) is 2.59. The molecule has 2 atom stereocenters. The molecule has 9 nitrogen and oxygen atoms in total. The maximum Gasteiger partial charge on any atom is 0.190 e. The van der Waals surface area contributed by atoms with Gasteiger partial charge in [0.05, 0.1) is 0 Å². The quantitative estimate of drug-likeness (QED) is 0.272. The molecule has 4 N–H and O–H groups in total. The summed E-state index contributed by atoms with van der Waals surface area (Å²) in [6, 6.07) is 1.05. The molecule has 2 aliphatic heterocycles. The van der Waals surface area contributed by atoms with E-state index < -0.39 is 0 Å². The molecule has 2 aliphatic rings. The van der Waals surface area contributed by atoms with Crippen LogP contribution in [-0.4, -0.2) is 25.2 Å². The van der Waals surface area contributed by atoms with Crippen LogP contribution in [0.2, 0.25) is 0 Å². The van der Waals surface area contributed by atoms with Crippen molar-refractivity contribution < 1.29 is 34.1 Å². The van der Waals surface area contributed by atoms with Crippen LogP contribution in [0.25, 0.3) is 16.8 Å². The molecule has 146 valence electrons. The van der Waals surface area contributed by atoms with Gasteiger partial charge in [-0.25, -0.2) is 10.6 Å². The van der Waals surface area contributed by atoms with Crippen LogP contribution in [0.3, 0.4) is 0 Å². The molecular formula is C14H20Cu2N9-3. The van der Waals surface area contributed by atoms with E-state index >= 15 is 0 Å². The number of nitrogens with one attached hydrogen (secondary N) is 2.